The van der Waals surface area contributed by atoms with Gasteiger partial charge in [0.15, 0.2) is 16.8 Å². The summed E-state index contributed by atoms with van der Waals surface area (Å²) in [5.74, 6) is -2.86. The van der Waals surface area contributed by atoms with E-state index in [4.69, 9.17) is 19.3 Å². The molecule has 0 radical (unpaired) electrons. The third-order valence-electron chi connectivity index (χ3n) is 6.67. The van der Waals surface area contributed by atoms with Crippen molar-refractivity contribution in [3.8, 4) is 0 Å². The summed E-state index contributed by atoms with van der Waals surface area (Å²) < 4.78 is 39.9. The van der Waals surface area contributed by atoms with E-state index < -0.39 is 47.6 Å². The van der Waals surface area contributed by atoms with E-state index in [2.05, 4.69) is 19.6 Å². The minimum absolute atomic E-state index is 0.0128. The van der Waals surface area contributed by atoms with E-state index in [1.165, 1.54) is 31.2 Å². The number of hydroxylamine groups is 2. The first-order valence-electron chi connectivity index (χ1n) is 12.6. The number of ether oxygens (including phenoxy) is 2. The highest BCUT2D eigenvalue weighted by Gasteiger charge is 2.72. The summed E-state index contributed by atoms with van der Waals surface area (Å²) in [5.41, 5.74) is -2.13. The molecule has 2 amide bonds. The van der Waals surface area contributed by atoms with E-state index >= 15 is 4.39 Å². The number of amidine groups is 1. The molecule has 1 heterocycles. The summed E-state index contributed by atoms with van der Waals surface area (Å²) in [6, 6.07) is 4.79. The third kappa shape index (κ3) is 6.40. The molecule has 1 aliphatic heterocycles. The molecule has 12 heteroatoms. The summed E-state index contributed by atoms with van der Waals surface area (Å²) >= 11 is 1.11. The van der Waals surface area contributed by atoms with Crippen LogP contribution in [0.5, 0.6) is 0 Å². The zero-order valence-corrected chi connectivity index (χ0v) is 25.5. The number of hydrogen-bond acceptors (Lipinski definition) is 7. The molecule has 0 bridgehead atoms. The molecule has 1 fully saturated rings. The lowest BCUT2D eigenvalue weighted by molar-refractivity contribution is -0.169. The number of carbonyl (C=O) groups is 2. The molecule has 38 heavy (non-hydrogen) atoms. The first kappa shape index (κ1) is 30.5. The summed E-state index contributed by atoms with van der Waals surface area (Å²) in [5, 5.41) is 1.26. The quantitative estimate of drug-likeness (QED) is 0.175. The lowest BCUT2D eigenvalue weighted by Gasteiger charge is -2.38. The van der Waals surface area contributed by atoms with Gasteiger partial charge < -0.3 is 9.47 Å². The number of carbonyl (C=O) groups excluding carboxylic acids is 2. The van der Waals surface area contributed by atoms with Gasteiger partial charge in [0.2, 0.25) is 0 Å². The van der Waals surface area contributed by atoms with Gasteiger partial charge in [0, 0.05) is 33.2 Å². The maximum atomic E-state index is 15.1. The topological polar surface area (TPSA) is 80.7 Å². The average molecular weight is 572 g/mol. The van der Waals surface area contributed by atoms with Gasteiger partial charge in [-0.15, -0.1) is 0 Å². The minimum Gasteiger partial charge on any atom is -0.443 e. The molecule has 8 nitrogen and oxygen atoms in total. The zero-order chi connectivity index (χ0) is 28.7. The maximum absolute atomic E-state index is 15.1. The van der Waals surface area contributed by atoms with Crippen molar-refractivity contribution in [3.63, 3.8) is 0 Å². The molecule has 1 aromatic rings. The normalized spacial score (nSPS) is 24.8. The molecule has 1 aromatic carbocycles. The second kappa shape index (κ2) is 10.9. The van der Waals surface area contributed by atoms with E-state index in [1.54, 1.807) is 27.7 Å². The SMILES string of the molecule is CON(C)C(=O)[C@]12C[C@H]1[C@@](C)(c1cccc(F)c1F)N=C(N(COCC[Si](C)(C)C)C(=O)OC(C)(C)C)S2. The zero-order valence-electron chi connectivity index (χ0n) is 23.7. The van der Waals surface area contributed by atoms with Crippen LogP contribution in [0.2, 0.25) is 25.7 Å². The Balaban J connectivity index is 2.08. The van der Waals surface area contributed by atoms with Crippen LogP contribution in [0.3, 0.4) is 0 Å². The molecule has 0 spiro atoms. The lowest BCUT2D eigenvalue weighted by Crippen LogP contribution is -2.49. The third-order valence-corrected chi connectivity index (χ3v) is 9.86. The first-order chi connectivity index (χ1) is 17.4. The first-order valence-corrected chi connectivity index (χ1v) is 17.1. The second-order valence-electron chi connectivity index (χ2n) is 12.1. The number of thioether (sulfide) groups is 1. The number of hydrogen-bond donors (Lipinski definition) is 0. The van der Waals surface area contributed by atoms with Crippen molar-refractivity contribution in [3.05, 3.63) is 35.4 Å². The van der Waals surface area contributed by atoms with Gasteiger partial charge in [0.25, 0.3) is 5.91 Å². The second-order valence-corrected chi connectivity index (χ2v) is 19.1. The van der Waals surface area contributed by atoms with E-state index in [1.807, 2.05) is 0 Å². The van der Waals surface area contributed by atoms with Crippen molar-refractivity contribution in [1.82, 2.24) is 9.96 Å². The number of nitrogens with zero attached hydrogens (tertiary/aromatic N) is 3. The molecule has 0 saturated heterocycles. The van der Waals surface area contributed by atoms with Gasteiger partial charge in [0.05, 0.1) is 12.6 Å². The van der Waals surface area contributed by atoms with Crippen LogP contribution in [0.4, 0.5) is 13.6 Å². The highest BCUT2D eigenvalue weighted by molar-refractivity contribution is 8.16. The Morgan fingerprint density at radius 1 is 1.24 bits per heavy atom. The Kier molecular flexibility index (Phi) is 8.72. The predicted molar refractivity (Wildman–Crippen MR) is 146 cm³/mol. The number of aliphatic imine (C=N–C) groups is 1. The molecule has 0 unspecified atom stereocenters. The molecule has 2 aliphatic rings. The Labute approximate surface area is 229 Å². The van der Waals surface area contributed by atoms with E-state index in [-0.39, 0.29) is 23.4 Å². The number of amides is 2. The number of benzene rings is 1. The van der Waals surface area contributed by atoms with Crippen molar-refractivity contribution < 1.29 is 32.7 Å². The van der Waals surface area contributed by atoms with Gasteiger partial charge in [-0.3, -0.25) is 14.6 Å². The van der Waals surface area contributed by atoms with Crippen molar-refractivity contribution >= 4 is 37.0 Å². The molecular formula is C26H39F2N3O5SSi. The molecule has 0 aromatic heterocycles. The van der Waals surface area contributed by atoms with Gasteiger partial charge in [-0.05, 0) is 46.2 Å². The number of halogens is 2. The minimum atomic E-state index is -1.40. The fourth-order valence-corrected chi connectivity index (χ4v) is 6.79. The Hall–Kier alpha value is -2.02. The van der Waals surface area contributed by atoms with E-state index in [0.29, 0.717) is 13.0 Å². The molecular weight excluding hydrogens is 532 g/mol. The van der Waals surface area contributed by atoms with Gasteiger partial charge in [-0.1, -0.05) is 43.5 Å². The van der Waals surface area contributed by atoms with E-state index in [9.17, 15) is 14.0 Å². The molecule has 3 rings (SSSR count). The summed E-state index contributed by atoms with van der Waals surface area (Å²) in [6.07, 6.45) is -0.372. The molecule has 1 saturated carbocycles. The lowest BCUT2D eigenvalue weighted by atomic mass is 9.85. The number of rotatable bonds is 8. The molecule has 212 valence electrons. The van der Waals surface area contributed by atoms with Crippen molar-refractivity contribution in [2.75, 3.05) is 27.5 Å². The van der Waals surface area contributed by atoms with Crippen LogP contribution < -0.4 is 0 Å². The highest BCUT2D eigenvalue weighted by Crippen LogP contribution is 2.67. The van der Waals surface area contributed by atoms with Crippen molar-refractivity contribution in [2.24, 2.45) is 10.9 Å². The van der Waals surface area contributed by atoms with Crippen LogP contribution in [0.1, 0.15) is 39.7 Å². The predicted octanol–water partition coefficient (Wildman–Crippen LogP) is 5.61. The summed E-state index contributed by atoms with van der Waals surface area (Å²) in [7, 11) is 1.47. The van der Waals surface area contributed by atoms with Crippen molar-refractivity contribution in [1.29, 1.82) is 0 Å². The van der Waals surface area contributed by atoms with E-state index in [0.717, 1.165) is 28.9 Å². The van der Waals surface area contributed by atoms with Gasteiger partial charge in [0.1, 0.15) is 17.1 Å². The maximum Gasteiger partial charge on any atom is 0.418 e. The standard InChI is InChI=1S/C26H39F2N3O5SSi/c1-24(2,3)36-23(33)31(16-35-13-14-38(7,8)9)22-29-25(4,17-11-10-12-18(27)20(17)28)19-15-26(19,37-22)21(32)30(5)34-6/h10-12,19H,13-16H2,1-9H3/t19-,25+,26-/m0/s1. The molecule has 1 aliphatic carbocycles. The van der Waals surface area contributed by atoms with Crippen LogP contribution in [-0.4, -0.2) is 73.0 Å². The highest BCUT2D eigenvalue weighted by atomic mass is 32.2. The van der Waals surface area contributed by atoms with Crippen molar-refractivity contribution in [2.45, 2.75) is 75.7 Å². The Morgan fingerprint density at radius 2 is 1.89 bits per heavy atom. The summed E-state index contributed by atoms with van der Waals surface area (Å²) in [4.78, 5) is 38.1. The Bertz CT molecular complexity index is 1110. The Morgan fingerprint density at radius 3 is 2.47 bits per heavy atom. The smallest absolute Gasteiger partial charge is 0.418 e. The average Bonchev–Trinajstić information content (AvgIpc) is 3.54. The van der Waals surface area contributed by atoms with Crippen LogP contribution in [0, 0.1) is 17.6 Å². The van der Waals surface area contributed by atoms with Crippen LogP contribution in [-0.2, 0) is 24.6 Å². The van der Waals surface area contributed by atoms with Crippen LogP contribution in [0.15, 0.2) is 23.2 Å². The van der Waals surface area contributed by atoms with Gasteiger partial charge in [-0.2, -0.15) is 0 Å². The number of fused-ring (bicyclic) bond motifs is 1. The monoisotopic (exact) mass is 571 g/mol. The van der Waals surface area contributed by atoms with Gasteiger partial charge >= 0.3 is 6.09 Å². The van der Waals surface area contributed by atoms with Gasteiger partial charge in [-0.25, -0.2) is 23.5 Å². The van der Waals surface area contributed by atoms with Crippen LogP contribution >= 0.6 is 11.8 Å². The molecule has 3 atom stereocenters. The summed E-state index contributed by atoms with van der Waals surface area (Å²) in [6.45, 7) is 13.8. The molecule has 0 N–H and O–H groups in total. The fourth-order valence-electron chi connectivity index (χ4n) is 4.40. The fraction of sp³-hybridized carbons (Fsp3) is 0.654. The van der Waals surface area contributed by atoms with Crippen LogP contribution in [0.25, 0.3) is 0 Å². The largest absolute Gasteiger partial charge is 0.443 e.